The van der Waals surface area contributed by atoms with Gasteiger partial charge in [0.05, 0.1) is 28.8 Å². The zero-order valence-corrected chi connectivity index (χ0v) is 27.0. The van der Waals surface area contributed by atoms with Gasteiger partial charge in [-0.15, -0.1) is 0 Å². The molecule has 2 heterocycles. The number of hydrogen-bond acceptors (Lipinski definition) is 5. The molecule has 3 aromatic carbocycles. The highest BCUT2D eigenvalue weighted by Gasteiger charge is 2.20. The molecule has 45 heavy (non-hydrogen) atoms. The summed E-state index contributed by atoms with van der Waals surface area (Å²) in [4.78, 5) is 13.7. The van der Waals surface area contributed by atoms with E-state index in [4.69, 9.17) is 16.0 Å². The van der Waals surface area contributed by atoms with Crippen LogP contribution in [0.25, 0.3) is 11.3 Å². The van der Waals surface area contributed by atoms with Crippen LogP contribution in [0.3, 0.4) is 0 Å². The quantitative estimate of drug-likeness (QED) is 0.140. The zero-order valence-electron chi connectivity index (χ0n) is 26.2. The van der Waals surface area contributed by atoms with Gasteiger partial charge in [-0.2, -0.15) is 5.26 Å². The Hall–Kier alpha value is -3.89. The summed E-state index contributed by atoms with van der Waals surface area (Å²) in [7, 11) is 0. The number of halogens is 1. The van der Waals surface area contributed by atoms with Crippen molar-refractivity contribution in [1.82, 2.24) is 16.0 Å². The van der Waals surface area contributed by atoms with Gasteiger partial charge in [-0.05, 0) is 112 Å². The van der Waals surface area contributed by atoms with Gasteiger partial charge in [0.1, 0.15) is 11.5 Å². The van der Waals surface area contributed by atoms with E-state index in [2.05, 4.69) is 60.1 Å². The lowest BCUT2D eigenvalue weighted by Crippen LogP contribution is -2.37. The van der Waals surface area contributed by atoms with Crippen LogP contribution in [-0.4, -0.2) is 25.0 Å². The van der Waals surface area contributed by atoms with Crippen LogP contribution < -0.4 is 16.0 Å². The molecule has 5 rings (SSSR count). The molecule has 0 saturated carbocycles. The molecule has 7 heteroatoms. The maximum atomic E-state index is 13.7. The van der Waals surface area contributed by atoms with Gasteiger partial charge in [-0.25, -0.2) is 0 Å². The number of nitrogens with zero attached hydrogens (tertiary/aromatic N) is 1. The molecule has 1 amide bonds. The number of furan rings is 1. The Labute approximate surface area is 272 Å². The van der Waals surface area contributed by atoms with E-state index in [-0.39, 0.29) is 18.0 Å². The van der Waals surface area contributed by atoms with Gasteiger partial charge in [0.15, 0.2) is 0 Å². The molecule has 1 aromatic heterocycles. The van der Waals surface area contributed by atoms with Gasteiger partial charge in [-0.3, -0.25) is 4.79 Å². The van der Waals surface area contributed by atoms with Crippen LogP contribution in [0.5, 0.6) is 0 Å². The van der Waals surface area contributed by atoms with Crippen molar-refractivity contribution in [1.29, 1.82) is 5.26 Å². The summed E-state index contributed by atoms with van der Waals surface area (Å²) in [6.07, 6.45) is 6.21. The van der Waals surface area contributed by atoms with E-state index in [9.17, 15) is 10.1 Å². The molecule has 0 radical (unpaired) electrons. The number of carbonyl (C=O) groups is 1. The van der Waals surface area contributed by atoms with Crippen LogP contribution in [0, 0.1) is 24.2 Å². The van der Waals surface area contributed by atoms with Crippen molar-refractivity contribution in [2.24, 2.45) is 5.92 Å². The minimum atomic E-state index is -0.192. The number of piperidine rings is 1. The maximum absolute atomic E-state index is 13.7. The van der Waals surface area contributed by atoms with E-state index in [1.54, 1.807) is 6.07 Å². The van der Waals surface area contributed by atoms with E-state index in [1.807, 2.05) is 48.5 Å². The maximum Gasteiger partial charge on any atom is 0.253 e. The summed E-state index contributed by atoms with van der Waals surface area (Å²) in [5.74, 6) is 2.06. The minimum Gasteiger partial charge on any atom is -0.460 e. The largest absolute Gasteiger partial charge is 0.460 e. The molecule has 3 N–H and O–H groups in total. The minimum absolute atomic E-state index is 0.0521. The fourth-order valence-electron chi connectivity index (χ4n) is 6.02. The van der Waals surface area contributed by atoms with Crippen molar-refractivity contribution in [2.45, 2.75) is 71.0 Å². The highest BCUT2D eigenvalue weighted by molar-refractivity contribution is 6.34. The lowest BCUT2D eigenvalue weighted by Gasteiger charge is -2.24. The number of nitrogens with one attached hydrogen (secondary N) is 3. The summed E-state index contributed by atoms with van der Waals surface area (Å²) in [5.41, 5.74) is 5.43. The van der Waals surface area contributed by atoms with Crippen LogP contribution in [0.1, 0.15) is 83.4 Å². The van der Waals surface area contributed by atoms with Crippen molar-refractivity contribution < 1.29 is 9.21 Å². The highest BCUT2D eigenvalue weighted by Crippen LogP contribution is 2.28. The Morgan fingerprint density at radius 3 is 2.53 bits per heavy atom. The highest BCUT2D eigenvalue weighted by atomic mass is 35.5. The van der Waals surface area contributed by atoms with Gasteiger partial charge in [0, 0.05) is 17.6 Å². The number of aryl methyl sites for hydroxylation is 1. The third kappa shape index (κ3) is 9.31. The molecule has 1 fully saturated rings. The predicted molar refractivity (Wildman–Crippen MR) is 181 cm³/mol. The van der Waals surface area contributed by atoms with Crippen molar-refractivity contribution >= 4 is 17.5 Å². The molecule has 0 aliphatic carbocycles. The third-order valence-electron chi connectivity index (χ3n) is 8.84. The summed E-state index contributed by atoms with van der Waals surface area (Å²) in [6.45, 7) is 6.99. The summed E-state index contributed by atoms with van der Waals surface area (Å²) in [5, 5.41) is 19.8. The van der Waals surface area contributed by atoms with Crippen molar-refractivity contribution in [3.05, 3.63) is 117 Å². The lowest BCUT2D eigenvalue weighted by atomic mass is 9.90. The predicted octanol–water partition coefficient (Wildman–Crippen LogP) is 8.14. The van der Waals surface area contributed by atoms with E-state index >= 15 is 0 Å². The average molecular weight is 623 g/mol. The molecular formula is C38H43ClN4O2. The van der Waals surface area contributed by atoms with Crippen molar-refractivity contribution in [3.8, 4) is 17.4 Å². The van der Waals surface area contributed by atoms with E-state index in [0.29, 0.717) is 34.9 Å². The summed E-state index contributed by atoms with van der Waals surface area (Å²) in [6, 6.07) is 27.8. The third-order valence-corrected chi connectivity index (χ3v) is 9.17. The number of nitriles is 1. The first-order valence-electron chi connectivity index (χ1n) is 16.1. The van der Waals surface area contributed by atoms with Crippen molar-refractivity contribution in [2.75, 3.05) is 13.1 Å². The first-order valence-corrected chi connectivity index (χ1v) is 16.4. The second-order valence-corrected chi connectivity index (χ2v) is 12.7. The first-order chi connectivity index (χ1) is 21.9. The number of benzene rings is 3. The molecule has 2 atom stereocenters. The van der Waals surface area contributed by atoms with Crippen LogP contribution in [-0.2, 0) is 13.0 Å². The number of carbonyl (C=O) groups excluding carboxylic acids is 1. The number of rotatable bonds is 13. The normalized spacial score (nSPS) is 14.9. The van der Waals surface area contributed by atoms with Crippen LogP contribution in [0.15, 0.2) is 83.3 Å². The second-order valence-electron chi connectivity index (χ2n) is 12.3. The summed E-state index contributed by atoms with van der Waals surface area (Å²) < 4.78 is 6.17. The molecule has 1 aliphatic rings. The van der Waals surface area contributed by atoms with Gasteiger partial charge in [-0.1, -0.05) is 66.4 Å². The smallest absolute Gasteiger partial charge is 0.253 e. The zero-order chi connectivity index (χ0) is 31.6. The number of amides is 1. The van der Waals surface area contributed by atoms with Gasteiger partial charge >= 0.3 is 0 Å². The van der Waals surface area contributed by atoms with Crippen LogP contribution >= 0.6 is 11.6 Å². The molecule has 0 bridgehead atoms. The monoisotopic (exact) mass is 622 g/mol. The fraction of sp³-hybridized carbons (Fsp3) is 0.368. The lowest BCUT2D eigenvalue weighted by molar-refractivity contribution is 0.0934. The Morgan fingerprint density at radius 1 is 1.04 bits per heavy atom. The van der Waals surface area contributed by atoms with Crippen LogP contribution in [0.2, 0.25) is 5.02 Å². The topological polar surface area (TPSA) is 90.1 Å². The number of hydrogen-bond donors (Lipinski definition) is 3. The standard InChI is InChI=1S/C38H43ClN4O2/c1-26-6-12-31(13-7-26)27(2)42-25-34-15-17-37(45-34)32-14-16-36(39)35(23-32)38(44)43-33(5-3-4-28-18-20-41-21-19-28)22-29-8-10-30(24-40)11-9-29/h6-17,23,27-28,33,41-42H,3-5,18-22,25H2,1-2H3,(H,43,44)/t27-,33+/m1/s1. The first kappa shape index (κ1) is 32.5. The second kappa shape index (κ2) is 15.9. The molecule has 1 saturated heterocycles. The Morgan fingerprint density at radius 2 is 1.80 bits per heavy atom. The summed E-state index contributed by atoms with van der Waals surface area (Å²) >= 11 is 6.58. The SMILES string of the molecule is Cc1ccc([C@@H](C)NCc2ccc(-c3ccc(Cl)c(C(=O)N[C@@H](CCCC4CCNCC4)Cc4ccc(C#N)cc4)c3)o2)cc1. The molecule has 4 aromatic rings. The Kier molecular flexibility index (Phi) is 11.5. The molecular weight excluding hydrogens is 580 g/mol. The molecule has 6 nitrogen and oxygen atoms in total. The fourth-order valence-corrected chi connectivity index (χ4v) is 6.22. The van der Waals surface area contributed by atoms with E-state index < -0.39 is 0 Å². The van der Waals surface area contributed by atoms with Crippen molar-refractivity contribution in [3.63, 3.8) is 0 Å². The van der Waals surface area contributed by atoms with E-state index in [1.165, 1.54) is 24.0 Å². The Bertz CT molecular complexity index is 1580. The average Bonchev–Trinajstić information content (AvgIpc) is 3.54. The van der Waals surface area contributed by atoms with Gasteiger partial charge in [0.25, 0.3) is 5.91 Å². The molecule has 1 aliphatic heterocycles. The van der Waals surface area contributed by atoms with Crippen LogP contribution in [0.4, 0.5) is 0 Å². The Balaban J connectivity index is 1.24. The van der Waals surface area contributed by atoms with E-state index in [0.717, 1.165) is 55.2 Å². The molecule has 0 unspecified atom stereocenters. The van der Waals surface area contributed by atoms with Gasteiger partial charge in [0.2, 0.25) is 0 Å². The molecule has 234 valence electrons. The van der Waals surface area contributed by atoms with Gasteiger partial charge < -0.3 is 20.4 Å². The molecule has 0 spiro atoms.